The van der Waals surface area contributed by atoms with Crippen LogP contribution in [0.1, 0.15) is 27.0 Å². The van der Waals surface area contributed by atoms with Crippen molar-refractivity contribution in [2.45, 2.75) is 6.61 Å². The lowest BCUT2D eigenvalue weighted by Crippen LogP contribution is -2.22. The van der Waals surface area contributed by atoms with E-state index in [1.165, 1.54) is 30.3 Å². The number of nitrogens with zero attached hydrogens (tertiary/aromatic N) is 1. The summed E-state index contributed by atoms with van der Waals surface area (Å²) in [6.45, 7) is 0.128. The molecule has 3 aromatic rings. The van der Waals surface area contributed by atoms with Crippen molar-refractivity contribution in [3.8, 4) is 11.8 Å². The van der Waals surface area contributed by atoms with Crippen LogP contribution in [0.3, 0.4) is 0 Å². The maximum absolute atomic E-state index is 13.4. The summed E-state index contributed by atoms with van der Waals surface area (Å²) in [5.74, 6) is -1.27. The number of ether oxygens (including phenoxy) is 1. The van der Waals surface area contributed by atoms with Gasteiger partial charge in [0.25, 0.3) is 0 Å². The number of nitriles is 1. The summed E-state index contributed by atoms with van der Waals surface area (Å²) in [4.78, 5) is 10.9. The van der Waals surface area contributed by atoms with Crippen LogP contribution in [-0.2, 0) is 6.61 Å². The number of rotatable bonds is 6. The molecule has 0 spiro atoms. The summed E-state index contributed by atoms with van der Waals surface area (Å²) in [7, 11) is 0. The molecule has 0 heterocycles. The summed E-state index contributed by atoms with van der Waals surface area (Å²) in [5.41, 5.74) is 2.15. The third-order valence-electron chi connectivity index (χ3n) is 4.08. The molecule has 0 fully saturated rings. The molecule has 0 amide bonds. The van der Waals surface area contributed by atoms with E-state index in [0.717, 1.165) is 0 Å². The summed E-state index contributed by atoms with van der Waals surface area (Å²) < 4.78 is 19.1. The van der Waals surface area contributed by atoms with Gasteiger partial charge >= 0.3 is 0 Å². The number of hydrogen-bond acceptors (Lipinski definition) is 4. The molecule has 0 aliphatic rings. The Labute approximate surface area is 172 Å². The summed E-state index contributed by atoms with van der Waals surface area (Å²) >= 11 is 6.27. The fourth-order valence-corrected chi connectivity index (χ4v) is 2.92. The average Bonchev–Trinajstić information content (AvgIpc) is 2.71. The highest BCUT2D eigenvalue weighted by molar-refractivity contribution is 6.32. The van der Waals surface area contributed by atoms with Crippen LogP contribution in [0.15, 0.2) is 66.7 Å². The first-order valence-corrected chi connectivity index (χ1v) is 8.94. The second-order valence-corrected chi connectivity index (χ2v) is 6.55. The highest BCUT2D eigenvalue weighted by atomic mass is 35.5. The summed E-state index contributed by atoms with van der Waals surface area (Å²) in [6, 6.07) is 19.1. The first kappa shape index (κ1) is 20.1. The molecule has 0 aliphatic carbocycles. The number of allylic oxidation sites excluding steroid dienone is 1. The van der Waals surface area contributed by atoms with Crippen molar-refractivity contribution in [1.82, 2.24) is 0 Å². The largest absolute Gasteiger partial charge is 0.545 e. The van der Waals surface area contributed by atoms with Crippen LogP contribution < -0.4 is 9.84 Å². The van der Waals surface area contributed by atoms with E-state index < -0.39 is 11.8 Å². The molecule has 0 saturated heterocycles. The molecule has 144 valence electrons. The summed E-state index contributed by atoms with van der Waals surface area (Å²) in [6.07, 6.45) is 1.60. The van der Waals surface area contributed by atoms with Crippen molar-refractivity contribution in [2.75, 3.05) is 0 Å². The van der Waals surface area contributed by atoms with E-state index in [4.69, 9.17) is 16.3 Å². The van der Waals surface area contributed by atoms with Crippen LogP contribution in [0.2, 0.25) is 5.02 Å². The van der Waals surface area contributed by atoms with Crippen molar-refractivity contribution >= 4 is 29.2 Å². The van der Waals surface area contributed by atoms with Crippen molar-refractivity contribution < 1.29 is 19.0 Å². The number of benzene rings is 3. The smallest absolute Gasteiger partial charge is 0.138 e. The van der Waals surface area contributed by atoms with Gasteiger partial charge in [-0.2, -0.15) is 5.26 Å². The quantitative estimate of drug-likeness (QED) is 0.446. The topological polar surface area (TPSA) is 73.1 Å². The minimum Gasteiger partial charge on any atom is -0.545 e. The first-order chi connectivity index (χ1) is 14.0. The standard InChI is InChI=1S/C23H15ClFNO3/c24-21-11-15(9-19(13-26)17-4-2-6-20(25)12-17)7-8-22(21)29-14-16-3-1-5-18(10-16)23(27)28/h1-12H,14H2,(H,27,28)/p-1/b19-9-. The normalized spacial score (nSPS) is 11.0. The van der Waals surface area contributed by atoms with E-state index in [0.29, 0.717) is 33.0 Å². The third-order valence-corrected chi connectivity index (χ3v) is 4.38. The Balaban J connectivity index is 1.77. The van der Waals surface area contributed by atoms with Gasteiger partial charge in [-0.05, 0) is 58.7 Å². The fourth-order valence-electron chi connectivity index (χ4n) is 2.68. The fraction of sp³-hybridized carbons (Fsp3) is 0.0435. The van der Waals surface area contributed by atoms with E-state index in [9.17, 15) is 19.6 Å². The van der Waals surface area contributed by atoms with Crippen molar-refractivity contribution in [1.29, 1.82) is 5.26 Å². The number of halogens is 2. The number of carbonyl (C=O) groups is 1. The molecule has 4 nitrogen and oxygen atoms in total. The van der Waals surface area contributed by atoms with Crippen LogP contribution >= 0.6 is 11.6 Å². The molecule has 0 bridgehead atoms. The second kappa shape index (κ2) is 9.05. The Bertz CT molecular complexity index is 1130. The molecule has 6 heteroatoms. The van der Waals surface area contributed by atoms with E-state index >= 15 is 0 Å². The number of carboxylic acid groups (broad SMARTS) is 1. The Morgan fingerprint density at radius 1 is 1.10 bits per heavy atom. The Morgan fingerprint density at radius 3 is 2.55 bits per heavy atom. The maximum atomic E-state index is 13.4. The van der Waals surface area contributed by atoms with Crippen molar-refractivity contribution in [2.24, 2.45) is 0 Å². The minimum absolute atomic E-state index is 0.0686. The van der Waals surface area contributed by atoms with Crippen LogP contribution in [-0.4, -0.2) is 5.97 Å². The van der Waals surface area contributed by atoms with E-state index in [-0.39, 0.29) is 12.2 Å². The third kappa shape index (κ3) is 5.22. The average molecular weight is 407 g/mol. The van der Waals surface area contributed by atoms with Gasteiger partial charge in [-0.1, -0.05) is 48.0 Å². The maximum Gasteiger partial charge on any atom is 0.138 e. The zero-order chi connectivity index (χ0) is 20.8. The highest BCUT2D eigenvalue weighted by Gasteiger charge is 2.07. The molecule has 0 aliphatic heterocycles. The van der Waals surface area contributed by atoms with Crippen molar-refractivity contribution in [3.63, 3.8) is 0 Å². The van der Waals surface area contributed by atoms with Gasteiger partial charge in [-0.25, -0.2) is 4.39 Å². The lowest BCUT2D eigenvalue weighted by Gasteiger charge is -2.10. The van der Waals surface area contributed by atoms with Gasteiger partial charge in [0.05, 0.1) is 22.6 Å². The predicted octanol–water partition coefficient (Wildman–Crippen LogP) is 4.49. The molecule has 3 rings (SSSR count). The van der Waals surface area contributed by atoms with Gasteiger partial charge in [0.1, 0.15) is 18.2 Å². The van der Waals surface area contributed by atoms with Crippen LogP contribution in [0.4, 0.5) is 4.39 Å². The molecular weight excluding hydrogens is 393 g/mol. The zero-order valence-electron chi connectivity index (χ0n) is 15.1. The molecule has 0 N–H and O–H groups in total. The van der Waals surface area contributed by atoms with Crippen LogP contribution in [0.5, 0.6) is 5.75 Å². The van der Waals surface area contributed by atoms with Crippen LogP contribution in [0.25, 0.3) is 11.6 Å². The molecule has 0 radical (unpaired) electrons. The minimum atomic E-state index is -1.26. The van der Waals surface area contributed by atoms with Gasteiger partial charge in [0, 0.05) is 0 Å². The van der Waals surface area contributed by atoms with Gasteiger partial charge in [0.15, 0.2) is 0 Å². The molecule has 0 aromatic heterocycles. The first-order valence-electron chi connectivity index (χ1n) is 8.56. The van der Waals surface area contributed by atoms with Crippen molar-refractivity contribution in [3.05, 3.63) is 99.8 Å². The molecule has 3 aromatic carbocycles. The molecular formula is C23H14ClFNO3-. The summed E-state index contributed by atoms with van der Waals surface area (Å²) in [5, 5.41) is 20.6. The number of carboxylic acids is 1. The predicted molar refractivity (Wildman–Crippen MR) is 106 cm³/mol. The Morgan fingerprint density at radius 2 is 1.86 bits per heavy atom. The number of aromatic carboxylic acids is 1. The van der Waals surface area contributed by atoms with Gasteiger partial charge in [-0.15, -0.1) is 0 Å². The van der Waals surface area contributed by atoms with E-state index in [1.54, 1.807) is 42.5 Å². The molecule has 0 atom stereocenters. The lowest BCUT2D eigenvalue weighted by molar-refractivity contribution is -0.255. The van der Waals surface area contributed by atoms with Gasteiger partial charge in [0.2, 0.25) is 0 Å². The number of carbonyl (C=O) groups excluding carboxylic acids is 1. The van der Waals surface area contributed by atoms with E-state index in [1.807, 2.05) is 0 Å². The second-order valence-electron chi connectivity index (χ2n) is 6.15. The molecule has 0 saturated carbocycles. The lowest BCUT2D eigenvalue weighted by atomic mass is 10.0. The zero-order valence-corrected chi connectivity index (χ0v) is 15.8. The Hall–Kier alpha value is -3.62. The van der Waals surface area contributed by atoms with Crippen LogP contribution in [0, 0.1) is 17.1 Å². The SMILES string of the molecule is N#C/C(=C/c1ccc(OCc2cccc(C(=O)[O-])c2)c(Cl)c1)c1cccc(F)c1. The Kier molecular flexibility index (Phi) is 6.28. The van der Waals surface area contributed by atoms with Gasteiger partial charge < -0.3 is 14.6 Å². The monoisotopic (exact) mass is 406 g/mol. The number of hydrogen-bond donors (Lipinski definition) is 0. The molecule has 29 heavy (non-hydrogen) atoms. The van der Waals surface area contributed by atoms with Gasteiger partial charge in [-0.3, -0.25) is 0 Å². The highest BCUT2D eigenvalue weighted by Crippen LogP contribution is 2.28. The van der Waals surface area contributed by atoms with E-state index in [2.05, 4.69) is 6.07 Å². The molecule has 0 unspecified atom stereocenters.